The second-order valence-corrected chi connectivity index (χ2v) is 3.28. The summed E-state index contributed by atoms with van der Waals surface area (Å²) in [6.45, 7) is 5.80. The van der Waals surface area contributed by atoms with Crippen molar-refractivity contribution in [2.24, 2.45) is 5.73 Å². The maximum atomic E-state index is 9.25. The van der Waals surface area contributed by atoms with Crippen LogP contribution in [-0.2, 0) is 0 Å². The van der Waals surface area contributed by atoms with Crippen LogP contribution in [0.3, 0.4) is 0 Å². The van der Waals surface area contributed by atoms with E-state index in [4.69, 9.17) is 5.73 Å². The molecule has 0 aromatic rings. The lowest BCUT2D eigenvalue weighted by atomic mass is 10.2. The average Bonchev–Trinajstić information content (AvgIpc) is 2.13. The molecule has 0 bridgehead atoms. The van der Waals surface area contributed by atoms with Crippen LogP contribution in [0.1, 0.15) is 13.8 Å². The Balaban J connectivity index is 0. The third-order valence-electron chi connectivity index (χ3n) is 2.09. The zero-order valence-electron chi connectivity index (χ0n) is 7.43. The van der Waals surface area contributed by atoms with Gasteiger partial charge < -0.3 is 10.8 Å². The fraction of sp³-hybridized carbons (Fsp3) is 1.00. The highest BCUT2D eigenvalue weighted by molar-refractivity contribution is 5.85. The summed E-state index contributed by atoms with van der Waals surface area (Å²) in [5, 5.41) is 9.25. The molecule has 1 aliphatic rings. The molecular weight excluding hydrogens is 199 g/mol. The molecule has 1 heterocycles. The van der Waals surface area contributed by atoms with Gasteiger partial charge in [-0.2, -0.15) is 0 Å². The highest BCUT2D eigenvalue weighted by atomic mass is 35.5. The fourth-order valence-corrected chi connectivity index (χ4v) is 1.26. The second kappa shape index (κ2) is 6.00. The Morgan fingerprint density at radius 3 is 2.00 bits per heavy atom. The molecule has 0 radical (unpaired) electrons. The Morgan fingerprint density at radius 2 is 1.83 bits per heavy atom. The number of β-amino-alcohol motifs (C(OH)–C–C–N with tert-alkyl or cyclic N) is 1. The number of nitrogens with two attached hydrogens (primary N) is 1. The first-order chi connectivity index (χ1) is 4.61. The Hall–Kier alpha value is 0.460. The molecule has 1 fully saturated rings. The van der Waals surface area contributed by atoms with Crippen molar-refractivity contribution in [2.45, 2.75) is 32.0 Å². The third kappa shape index (κ3) is 3.46. The highest BCUT2D eigenvalue weighted by Crippen LogP contribution is 2.10. The van der Waals surface area contributed by atoms with Crippen molar-refractivity contribution in [3.63, 3.8) is 0 Å². The molecule has 1 rings (SSSR count). The largest absolute Gasteiger partial charge is 0.390 e. The van der Waals surface area contributed by atoms with E-state index in [1.807, 2.05) is 0 Å². The van der Waals surface area contributed by atoms with Crippen LogP contribution in [0, 0.1) is 0 Å². The standard InChI is InChI=1S/C7H16N2O.2ClH/c1-5(2)9-3-6(8)7(10)4-9;;/h5-7,10H,3-4,8H2,1-2H3;2*1H/t6-,7-;;/m1../s1. The Bertz CT molecular complexity index is 114. The minimum absolute atomic E-state index is 0. The molecule has 5 heteroatoms. The third-order valence-corrected chi connectivity index (χ3v) is 2.09. The van der Waals surface area contributed by atoms with Crippen LogP contribution < -0.4 is 5.73 Å². The van der Waals surface area contributed by atoms with Crippen molar-refractivity contribution in [2.75, 3.05) is 13.1 Å². The zero-order valence-corrected chi connectivity index (χ0v) is 9.07. The van der Waals surface area contributed by atoms with Gasteiger partial charge in [-0.25, -0.2) is 0 Å². The van der Waals surface area contributed by atoms with Gasteiger partial charge in [0.25, 0.3) is 0 Å². The molecule has 0 aromatic heterocycles. The summed E-state index contributed by atoms with van der Waals surface area (Å²) in [5.41, 5.74) is 5.61. The van der Waals surface area contributed by atoms with Crippen molar-refractivity contribution < 1.29 is 5.11 Å². The van der Waals surface area contributed by atoms with Crippen LogP contribution in [0.5, 0.6) is 0 Å². The molecular formula is C7H18Cl2N2O. The predicted octanol–water partition coefficient (Wildman–Crippen LogP) is 0.242. The lowest BCUT2D eigenvalue weighted by Gasteiger charge is -2.18. The predicted molar refractivity (Wildman–Crippen MR) is 55.2 cm³/mol. The number of nitrogens with zero attached hydrogens (tertiary/aromatic N) is 1. The van der Waals surface area contributed by atoms with Gasteiger partial charge in [0, 0.05) is 25.2 Å². The van der Waals surface area contributed by atoms with Crippen LogP contribution in [-0.4, -0.2) is 41.3 Å². The van der Waals surface area contributed by atoms with E-state index in [0.717, 1.165) is 13.1 Å². The van der Waals surface area contributed by atoms with Gasteiger partial charge in [0.1, 0.15) is 0 Å². The van der Waals surface area contributed by atoms with E-state index in [-0.39, 0.29) is 37.0 Å². The second-order valence-electron chi connectivity index (χ2n) is 3.28. The van der Waals surface area contributed by atoms with E-state index in [2.05, 4.69) is 18.7 Å². The quantitative estimate of drug-likeness (QED) is 0.661. The van der Waals surface area contributed by atoms with E-state index in [9.17, 15) is 5.11 Å². The summed E-state index contributed by atoms with van der Waals surface area (Å²) in [6.07, 6.45) is -0.317. The lowest BCUT2D eigenvalue weighted by Crippen LogP contribution is -2.33. The van der Waals surface area contributed by atoms with Crippen LogP contribution in [0.2, 0.25) is 0 Å². The molecule has 0 saturated carbocycles. The fourth-order valence-electron chi connectivity index (χ4n) is 1.26. The summed E-state index contributed by atoms with van der Waals surface area (Å²) in [4.78, 5) is 2.19. The number of halogens is 2. The van der Waals surface area contributed by atoms with E-state index in [1.54, 1.807) is 0 Å². The molecule has 12 heavy (non-hydrogen) atoms. The molecule has 0 spiro atoms. The lowest BCUT2D eigenvalue weighted by molar-refractivity contribution is 0.158. The molecule has 2 atom stereocenters. The maximum Gasteiger partial charge on any atom is 0.0830 e. The van der Waals surface area contributed by atoms with Crippen LogP contribution in [0.4, 0.5) is 0 Å². The van der Waals surface area contributed by atoms with Gasteiger partial charge in [-0.15, -0.1) is 24.8 Å². The molecule has 3 nitrogen and oxygen atoms in total. The SMILES string of the molecule is CC(C)N1C[C@@H](N)[C@H](O)C1.Cl.Cl. The monoisotopic (exact) mass is 216 g/mol. The molecule has 1 aliphatic heterocycles. The molecule has 0 unspecified atom stereocenters. The van der Waals surface area contributed by atoms with Gasteiger partial charge in [-0.3, -0.25) is 4.90 Å². The molecule has 0 aliphatic carbocycles. The minimum Gasteiger partial charge on any atom is -0.390 e. The Morgan fingerprint density at radius 1 is 1.33 bits per heavy atom. The van der Waals surface area contributed by atoms with Crippen molar-refractivity contribution in [3.05, 3.63) is 0 Å². The van der Waals surface area contributed by atoms with Crippen molar-refractivity contribution >= 4 is 24.8 Å². The summed E-state index contributed by atoms with van der Waals surface area (Å²) in [6, 6.07) is 0.464. The normalized spacial score (nSPS) is 29.8. The van der Waals surface area contributed by atoms with Crippen molar-refractivity contribution in [1.82, 2.24) is 4.90 Å². The zero-order chi connectivity index (χ0) is 7.72. The first kappa shape index (κ1) is 15.0. The molecule has 0 aromatic carbocycles. The average molecular weight is 217 g/mol. The smallest absolute Gasteiger partial charge is 0.0830 e. The summed E-state index contributed by atoms with van der Waals surface area (Å²) < 4.78 is 0. The number of hydrogen-bond donors (Lipinski definition) is 2. The Kier molecular flexibility index (Phi) is 7.47. The van der Waals surface area contributed by atoms with Gasteiger partial charge in [0.05, 0.1) is 6.10 Å². The van der Waals surface area contributed by atoms with E-state index >= 15 is 0 Å². The molecule has 1 saturated heterocycles. The topological polar surface area (TPSA) is 49.5 Å². The number of aliphatic hydroxyl groups is 1. The maximum absolute atomic E-state index is 9.25. The van der Waals surface area contributed by atoms with Gasteiger partial charge in [0.15, 0.2) is 0 Å². The Labute approximate surface area is 86.1 Å². The van der Waals surface area contributed by atoms with Crippen LogP contribution >= 0.6 is 24.8 Å². The first-order valence-corrected chi connectivity index (χ1v) is 3.79. The number of likely N-dealkylation sites (tertiary alicyclic amines) is 1. The molecule has 76 valence electrons. The number of rotatable bonds is 1. The summed E-state index contributed by atoms with van der Waals surface area (Å²) in [7, 11) is 0. The van der Waals surface area contributed by atoms with Gasteiger partial charge in [-0.1, -0.05) is 0 Å². The summed E-state index contributed by atoms with van der Waals surface area (Å²) in [5.74, 6) is 0. The van der Waals surface area contributed by atoms with Gasteiger partial charge in [0.2, 0.25) is 0 Å². The molecule has 3 N–H and O–H groups in total. The van der Waals surface area contributed by atoms with Crippen molar-refractivity contribution in [1.29, 1.82) is 0 Å². The van der Waals surface area contributed by atoms with Gasteiger partial charge in [-0.05, 0) is 13.8 Å². The highest BCUT2D eigenvalue weighted by Gasteiger charge is 2.29. The molecule has 0 amide bonds. The number of hydrogen-bond acceptors (Lipinski definition) is 3. The van der Waals surface area contributed by atoms with Gasteiger partial charge >= 0.3 is 0 Å². The van der Waals surface area contributed by atoms with Crippen LogP contribution in [0.15, 0.2) is 0 Å². The van der Waals surface area contributed by atoms with E-state index in [1.165, 1.54) is 0 Å². The van der Waals surface area contributed by atoms with Crippen LogP contribution in [0.25, 0.3) is 0 Å². The first-order valence-electron chi connectivity index (χ1n) is 3.79. The van der Waals surface area contributed by atoms with E-state index in [0.29, 0.717) is 6.04 Å². The number of aliphatic hydroxyl groups excluding tert-OH is 1. The van der Waals surface area contributed by atoms with E-state index < -0.39 is 0 Å². The summed E-state index contributed by atoms with van der Waals surface area (Å²) >= 11 is 0. The van der Waals surface area contributed by atoms with Crippen molar-refractivity contribution in [3.8, 4) is 0 Å². The minimum atomic E-state index is -0.317.